The maximum Gasteiger partial charge on any atom is 0.325 e. The molecule has 0 saturated heterocycles. The lowest BCUT2D eigenvalue weighted by Crippen LogP contribution is -2.39. The largest absolute Gasteiger partial charge is 0.347 e. The molecule has 0 N–H and O–H groups in total. The fraction of sp³-hybridized carbons (Fsp3) is 0.364. The SMILES string of the molecule is CCN(CC)S(=O)(=O)/N=C(\N(C)C)N1CC(c2ccccc2)C(c2ccc(F)cc2)=N1. The Labute approximate surface area is 183 Å². The molecule has 31 heavy (non-hydrogen) atoms. The minimum atomic E-state index is -3.85. The molecule has 1 aliphatic heterocycles. The van der Waals surface area contributed by atoms with Crippen molar-refractivity contribution < 1.29 is 12.8 Å². The smallest absolute Gasteiger partial charge is 0.325 e. The number of rotatable bonds is 6. The summed E-state index contributed by atoms with van der Waals surface area (Å²) in [6, 6.07) is 16.0. The molecule has 166 valence electrons. The summed E-state index contributed by atoms with van der Waals surface area (Å²) in [6.07, 6.45) is 0. The second-order valence-corrected chi connectivity index (χ2v) is 8.98. The first-order chi connectivity index (χ1) is 14.8. The average Bonchev–Trinajstić information content (AvgIpc) is 3.19. The highest BCUT2D eigenvalue weighted by molar-refractivity contribution is 7.87. The number of guanidine groups is 1. The Morgan fingerprint density at radius 1 is 1.10 bits per heavy atom. The summed E-state index contributed by atoms with van der Waals surface area (Å²) >= 11 is 0. The molecule has 2 aromatic carbocycles. The first-order valence-electron chi connectivity index (χ1n) is 10.2. The standard InChI is InChI=1S/C22H28FN5O2S/c1-5-27(6-2)31(29,30)25-22(26(3)4)28-16-20(17-10-8-7-9-11-17)21(24-28)18-12-14-19(23)15-13-18/h7-15,20H,5-6,16H2,1-4H3/b25-22+. The van der Waals surface area contributed by atoms with Gasteiger partial charge in [-0.25, -0.2) is 9.40 Å². The fourth-order valence-corrected chi connectivity index (χ4v) is 4.76. The monoisotopic (exact) mass is 445 g/mol. The molecule has 0 radical (unpaired) electrons. The van der Waals surface area contributed by atoms with Crippen molar-refractivity contribution in [1.29, 1.82) is 0 Å². The fourth-order valence-electron chi connectivity index (χ4n) is 3.52. The molecular formula is C22H28FN5O2S. The van der Waals surface area contributed by atoms with Gasteiger partial charge in [0.05, 0.1) is 12.3 Å². The zero-order valence-corrected chi connectivity index (χ0v) is 19.1. The molecule has 0 bridgehead atoms. The lowest BCUT2D eigenvalue weighted by atomic mass is 9.91. The summed E-state index contributed by atoms with van der Waals surface area (Å²) in [7, 11) is -0.384. The van der Waals surface area contributed by atoms with E-state index in [-0.39, 0.29) is 17.7 Å². The van der Waals surface area contributed by atoms with E-state index < -0.39 is 10.2 Å². The van der Waals surface area contributed by atoms with Crippen LogP contribution in [0.25, 0.3) is 0 Å². The van der Waals surface area contributed by atoms with E-state index in [1.807, 2.05) is 30.3 Å². The average molecular weight is 446 g/mol. The van der Waals surface area contributed by atoms with Gasteiger partial charge in [0.25, 0.3) is 0 Å². The number of hydrogen-bond donors (Lipinski definition) is 0. The number of benzene rings is 2. The Morgan fingerprint density at radius 2 is 1.71 bits per heavy atom. The van der Waals surface area contributed by atoms with Gasteiger partial charge in [-0.3, -0.25) is 0 Å². The van der Waals surface area contributed by atoms with E-state index >= 15 is 0 Å². The van der Waals surface area contributed by atoms with Crippen molar-refractivity contribution in [2.45, 2.75) is 19.8 Å². The summed E-state index contributed by atoms with van der Waals surface area (Å²) in [5, 5.41) is 6.34. The molecule has 7 nitrogen and oxygen atoms in total. The van der Waals surface area contributed by atoms with Crippen molar-refractivity contribution in [3.05, 3.63) is 71.5 Å². The van der Waals surface area contributed by atoms with E-state index in [2.05, 4.69) is 4.40 Å². The van der Waals surface area contributed by atoms with E-state index in [4.69, 9.17) is 5.10 Å². The first-order valence-corrected chi connectivity index (χ1v) is 11.6. The minimum Gasteiger partial charge on any atom is -0.347 e. The predicted octanol–water partition coefficient (Wildman–Crippen LogP) is 3.13. The third kappa shape index (κ3) is 5.11. The van der Waals surface area contributed by atoms with Crippen molar-refractivity contribution in [1.82, 2.24) is 14.2 Å². The first kappa shape index (κ1) is 22.9. The van der Waals surface area contributed by atoms with Crippen molar-refractivity contribution in [2.24, 2.45) is 9.50 Å². The molecule has 0 fully saturated rings. The molecule has 0 saturated carbocycles. The molecule has 2 aromatic rings. The highest BCUT2D eigenvalue weighted by atomic mass is 32.2. The second kappa shape index (κ2) is 9.57. The molecule has 0 aliphatic carbocycles. The Bertz CT molecular complexity index is 1050. The van der Waals surface area contributed by atoms with Crippen LogP contribution in [0.1, 0.15) is 30.9 Å². The molecule has 0 spiro atoms. The van der Waals surface area contributed by atoms with Gasteiger partial charge in [-0.05, 0) is 23.3 Å². The van der Waals surface area contributed by atoms with Gasteiger partial charge < -0.3 is 4.90 Å². The maximum atomic E-state index is 13.5. The number of hydrogen-bond acceptors (Lipinski definition) is 3. The van der Waals surface area contributed by atoms with E-state index in [9.17, 15) is 12.8 Å². The van der Waals surface area contributed by atoms with Gasteiger partial charge in [-0.1, -0.05) is 56.3 Å². The van der Waals surface area contributed by atoms with Crippen LogP contribution in [0.4, 0.5) is 4.39 Å². The Hall–Kier alpha value is -2.78. The minimum absolute atomic E-state index is 0.118. The summed E-state index contributed by atoms with van der Waals surface area (Å²) in [5.41, 5.74) is 2.56. The molecule has 0 amide bonds. The zero-order valence-electron chi connectivity index (χ0n) is 18.2. The van der Waals surface area contributed by atoms with Crippen LogP contribution < -0.4 is 0 Å². The zero-order chi connectivity index (χ0) is 22.6. The molecule has 0 aromatic heterocycles. The van der Waals surface area contributed by atoms with Crippen LogP contribution in [-0.2, 0) is 10.2 Å². The molecule has 1 heterocycles. The lowest BCUT2D eigenvalue weighted by Gasteiger charge is -2.25. The molecule has 1 atom stereocenters. The molecule has 3 rings (SSSR count). The number of nitrogens with zero attached hydrogens (tertiary/aromatic N) is 5. The normalized spacial score (nSPS) is 17.2. The van der Waals surface area contributed by atoms with Crippen molar-refractivity contribution >= 4 is 21.9 Å². The molecular weight excluding hydrogens is 417 g/mol. The Kier molecular flexibility index (Phi) is 7.07. The van der Waals surface area contributed by atoms with Crippen molar-refractivity contribution in [3.8, 4) is 0 Å². The predicted molar refractivity (Wildman–Crippen MR) is 122 cm³/mol. The van der Waals surface area contributed by atoms with Crippen LogP contribution in [0.3, 0.4) is 0 Å². The molecule has 9 heteroatoms. The van der Waals surface area contributed by atoms with Gasteiger partial charge in [0.15, 0.2) is 0 Å². The Morgan fingerprint density at radius 3 is 2.26 bits per heavy atom. The highest BCUT2D eigenvalue weighted by Gasteiger charge is 2.33. The van der Waals surface area contributed by atoms with Gasteiger partial charge >= 0.3 is 10.2 Å². The van der Waals surface area contributed by atoms with E-state index in [0.29, 0.717) is 19.6 Å². The van der Waals surface area contributed by atoms with Crippen LogP contribution in [0.15, 0.2) is 64.1 Å². The van der Waals surface area contributed by atoms with E-state index in [1.165, 1.54) is 16.4 Å². The van der Waals surface area contributed by atoms with Gasteiger partial charge in [0.1, 0.15) is 5.82 Å². The van der Waals surface area contributed by atoms with Crippen LogP contribution in [0, 0.1) is 5.82 Å². The van der Waals surface area contributed by atoms with Crippen LogP contribution >= 0.6 is 0 Å². The van der Waals surface area contributed by atoms with Crippen molar-refractivity contribution in [2.75, 3.05) is 33.7 Å². The van der Waals surface area contributed by atoms with Crippen LogP contribution in [0.2, 0.25) is 0 Å². The third-order valence-corrected chi connectivity index (χ3v) is 6.68. The number of halogens is 1. The van der Waals surface area contributed by atoms with E-state index in [0.717, 1.165) is 16.8 Å². The quantitative estimate of drug-likeness (QED) is 0.506. The summed E-state index contributed by atoms with van der Waals surface area (Å²) in [5.74, 6) is -0.214. The van der Waals surface area contributed by atoms with Crippen LogP contribution in [-0.4, -0.2) is 68.0 Å². The van der Waals surface area contributed by atoms with Crippen LogP contribution in [0.5, 0.6) is 0 Å². The van der Waals surface area contributed by atoms with Gasteiger partial charge in [-0.15, -0.1) is 4.40 Å². The Balaban J connectivity index is 2.07. The molecule has 1 unspecified atom stereocenters. The van der Waals surface area contributed by atoms with E-state index in [1.54, 1.807) is 50.0 Å². The summed E-state index contributed by atoms with van der Waals surface area (Å²) in [6.45, 7) is 4.64. The molecule has 1 aliphatic rings. The van der Waals surface area contributed by atoms with Crippen molar-refractivity contribution in [3.63, 3.8) is 0 Å². The lowest BCUT2D eigenvalue weighted by molar-refractivity contribution is 0.400. The maximum absolute atomic E-state index is 13.5. The number of hydrazone groups is 1. The van der Waals surface area contributed by atoms with Gasteiger partial charge in [0.2, 0.25) is 5.96 Å². The topological polar surface area (TPSA) is 68.6 Å². The second-order valence-electron chi connectivity index (χ2n) is 7.39. The summed E-state index contributed by atoms with van der Waals surface area (Å²) < 4.78 is 44.5. The van der Waals surface area contributed by atoms with Gasteiger partial charge in [-0.2, -0.15) is 17.8 Å². The third-order valence-electron chi connectivity index (χ3n) is 5.12. The highest BCUT2D eigenvalue weighted by Crippen LogP contribution is 2.29. The summed E-state index contributed by atoms with van der Waals surface area (Å²) in [4.78, 5) is 1.64. The van der Waals surface area contributed by atoms with Gasteiger partial charge in [0, 0.05) is 33.1 Å².